The van der Waals surface area contributed by atoms with Gasteiger partial charge in [-0.3, -0.25) is 0 Å². The Kier molecular flexibility index (Phi) is 4.42. The van der Waals surface area contributed by atoms with Crippen LogP contribution in [0.2, 0.25) is 0 Å². The van der Waals surface area contributed by atoms with Crippen LogP contribution in [0.3, 0.4) is 0 Å². The maximum absolute atomic E-state index is 11.2. The maximum Gasteiger partial charge on any atom is 0.238 e. The molecule has 18 heavy (non-hydrogen) atoms. The molecule has 0 bridgehead atoms. The van der Waals surface area contributed by atoms with Gasteiger partial charge in [0, 0.05) is 10.2 Å². The Bertz CT molecular complexity index is 538. The fourth-order valence-electron chi connectivity index (χ4n) is 1.20. The Hall–Kier alpha value is -0.630. The Morgan fingerprint density at radius 2 is 2.00 bits per heavy atom. The van der Waals surface area contributed by atoms with Crippen LogP contribution >= 0.6 is 15.9 Å². The van der Waals surface area contributed by atoms with Gasteiger partial charge in [0.05, 0.1) is 16.5 Å². The smallest absolute Gasteiger partial charge is 0.238 e. The van der Waals surface area contributed by atoms with Gasteiger partial charge in [0.25, 0.3) is 0 Å². The summed E-state index contributed by atoms with van der Waals surface area (Å²) in [5.74, 6) is 0. The zero-order valence-corrected chi connectivity index (χ0v) is 12.8. The number of benzene rings is 1. The zero-order valence-electron chi connectivity index (χ0n) is 10.4. The van der Waals surface area contributed by atoms with E-state index in [0.29, 0.717) is 10.2 Å². The van der Waals surface area contributed by atoms with Gasteiger partial charge >= 0.3 is 0 Å². The number of hydrogen-bond donors (Lipinski definition) is 3. The minimum atomic E-state index is -3.71. The van der Waals surface area contributed by atoms with Gasteiger partial charge in [0.2, 0.25) is 10.0 Å². The van der Waals surface area contributed by atoms with Gasteiger partial charge in [0.1, 0.15) is 0 Å². The van der Waals surface area contributed by atoms with Crippen molar-refractivity contribution in [3.05, 3.63) is 22.7 Å². The Balaban J connectivity index is 3.01. The van der Waals surface area contributed by atoms with Crippen LogP contribution in [-0.2, 0) is 10.0 Å². The first-order chi connectivity index (χ1) is 8.01. The average Bonchev–Trinajstić information content (AvgIpc) is 2.17. The van der Waals surface area contributed by atoms with Crippen molar-refractivity contribution in [2.24, 2.45) is 5.14 Å². The second kappa shape index (κ2) is 5.16. The summed E-state index contributed by atoms with van der Waals surface area (Å²) >= 11 is 3.27. The Morgan fingerprint density at radius 1 is 1.44 bits per heavy atom. The van der Waals surface area contributed by atoms with Crippen LogP contribution in [0.25, 0.3) is 0 Å². The molecule has 5 nitrogen and oxygen atoms in total. The number of anilines is 1. The van der Waals surface area contributed by atoms with E-state index in [1.165, 1.54) is 12.1 Å². The molecule has 0 saturated carbocycles. The second-order valence-corrected chi connectivity index (χ2v) is 7.12. The SMILES string of the molecule is CC(Nc1ccc(S(N)(=O)=O)cc1Br)C(C)(C)O. The van der Waals surface area contributed by atoms with E-state index in [9.17, 15) is 13.5 Å². The van der Waals surface area contributed by atoms with Crippen molar-refractivity contribution < 1.29 is 13.5 Å². The van der Waals surface area contributed by atoms with Gasteiger partial charge in [-0.1, -0.05) is 0 Å². The number of sulfonamides is 1. The fourth-order valence-corrected chi connectivity index (χ4v) is 2.38. The predicted octanol–water partition coefficient (Wildman–Crippen LogP) is 1.67. The zero-order chi connectivity index (χ0) is 14.1. The molecule has 0 spiro atoms. The quantitative estimate of drug-likeness (QED) is 0.779. The van der Waals surface area contributed by atoms with Crippen LogP contribution in [0.4, 0.5) is 5.69 Å². The highest BCUT2D eigenvalue weighted by molar-refractivity contribution is 9.10. The highest BCUT2D eigenvalue weighted by Gasteiger charge is 2.22. The molecule has 0 radical (unpaired) electrons. The predicted molar refractivity (Wildman–Crippen MR) is 74.9 cm³/mol. The van der Waals surface area contributed by atoms with E-state index in [4.69, 9.17) is 5.14 Å². The molecule has 1 rings (SSSR count). The molecule has 1 unspecified atom stereocenters. The molecular weight excluding hydrogens is 320 g/mol. The highest BCUT2D eigenvalue weighted by atomic mass is 79.9. The summed E-state index contributed by atoms with van der Waals surface area (Å²) in [4.78, 5) is 0.0378. The molecule has 0 aromatic heterocycles. The van der Waals surface area contributed by atoms with Crippen LogP contribution in [0.5, 0.6) is 0 Å². The molecule has 102 valence electrons. The van der Waals surface area contributed by atoms with Crippen LogP contribution in [-0.4, -0.2) is 25.2 Å². The summed E-state index contributed by atoms with van der Waals surface area (Å²) in [6, 6.07) is 4.24. The van der Waals surface area contributed by atoms with Gasteiger partial charge in [-0.15, -0.1) is 0 Å². The molecule has 0 heterocycles. The largest absolute Gasteiger partial charge is 0.388 e. The molecule has 1 aromatic carbocycles. The van der Waals surface area contributed by atoms with Crippen LogP contribution < -0.4 is 10.5 Å². The third-order valence-electron chi connectivity index (χ3n) is 2.70. The molecule has 0 aliphatic rings. The summed E-state index contributed by atoms with van der Waals surface area (Å²) in [7, 11) is -3.71. The maximum atomic E-state index is 11.2. The van der Waals surface area contributed by atoms with Gasteiger partial charge in [0.15, 0.2) is 0 Å². The molecule has 1 aromatic rings. The van der Waals surface area contributed by atoms with Crippen LogP contribution in [0.15, 0.2) is 27.6 Å². The van der Waals surface area contributed by atoms with Gasteiger partial charge in [-0.2, -0.15) is 0 Å². The molecule has 0 amide bonds. The van der Waals surface area contributed by atoms with E-state index in [1.54, 1.807) is 19.9 Å². The van der Waals surface area contributed by atoms with Crippen molar-refractivity contribution >= 4 is 31.6 Å². The van der Waals surface area contributed by atoms with E-state index in [1.807, 2.05) is 6.92 Å². The number of rotatable bonds is 4. The standard InChI is InChI=1S/C11H17BrN2O3S/c1-7(11(2,3)15)14-10-5-4-8(6-9(10)12)18(13,16)17/h4-7,14-15H,1-3H3,(H2,13,16,17). The Labute approximate surface area is 116 Å². The molecule has 4 N–H and O–H groups in total. The minimum absolute atomic E-state index is 0.0378. The average molecular weight is 337 g/mol. The number of primary sulfonamides is 1. The molecule has 0 aliphatic heterocycles. The van der Waals surface area contributed by atoms with Crippen molar-refractivity contribution in [2.45, 2.75) is 37.3 Å². The van der Waals surface area contributed by atoms with Crippen molar-refractivity contribution in [3.8, 4) is 0 Å². The van der Waals surface area contributed by atoms with E-state index >= 15 is 0 Å². The van der Waals surface area contributed by atoms with Crippen molar-refractivity contribution in [3.63, 3.8) is 0 Å². The second-order valence-electron chi connectivity index (χ2n) is 4.71. The molecule has 0 fully saturated rings. The van der Waals surface area contributed by atoms with E-state index in [0.717, 1.165) is 0 Å². The highest BCUT2D eigenvalue weighted by Crippen LogP contribution is 2.27. The number of hydrogen-bond acceptors (Lipinski definition) is 4. The molecule has 0 saturated heterocycles. The van der Waals surface area contributed by atoms with E-state index in [2.05, 4.69) is 21.2 Å². The molecular formula is C11H17BrN2O3S. The van der Waals surface area contributed by atoms with E-state index in [-0.39, 0.29) is 10.9 Å². The third-order valence-corrected chi connectivity index (χ3v) is 4.27. The number of aliphatic hydroxyl groups is 1. The normalized spacial score (nSPS) is 14.3. The van der Waals surface area contributed by atoms with Crippen molar-refractivity contribution in [2.75, 3.05) is 5.32 Å². The van der Waals surface area contributed by atoms with Crippen molar-refractivity contribution in [1.29, 1.82) is 0 Å². The summed E-state index contributed by atoms with van der Waals surface area (Å²) < 4.78 is 22.9. The lowest BCUT2D eigenvalue weighted by Gasteiger charge is -2.28. The summed E-state index contributed by atoms with van der Waals surface area (Å²) in [5, 5.41) is 18.0. The number of halogens is 1. The summed E-state index contributed by atoms with van der Waals surface area (Å²) in [5.41, 5.74) is -0.199. The lowest BCUT2D eigenvalue weighted by Crippen LogP contribution is -2.39. The first-order valence-corrected chi connectivity index (χ1v) is 7.67. The van der Waals surface area contributed by atoms with Gasteiger partial charge in [-0.25, -0.2) is 13.6 Å². The van der Waals surface area contributed by atoms with Gasteiger partial charge < -0.3 is 10.4 Å². The molecule has 7 heteroatoms. The lowest BCUT2D eigenvalue weighted by atomic mass is 10.0. The summed E-state index contributed by atoms with van der Waals surface area (Å²) in [6.07, 6.45) is 0. The number of nitrogens with one attached hydrogen (secondary N) is 1. The van der Waals surface area contributed by atoms with Crippen LogP contribution in [0, 0.1) is 0 Å². The molecule has 1 atom stereocenters. The Morgan fingerprint density at radius 3 is 2.39 bits per heavy atom. The van der Waals surface area contributed by atoms with E-state index < -0.39 is 15.6 Å². The fraction of sp³-hybridized carbons (Fsp3) is 0.455. The monoisotopic (exact) mass is 336 g/mol. The summed E-state index contributed by atoms with van der Waals surface area (Å²) in [6.45, 7) is 5.22. The lowest BCUT2D eigenvalue weighted by molar-refractivity contribution is 0.0649. The first-order valence-electron chi connectivity index (χ1n) is 5.33. The van der Waals surface area contributed by atoms with Crippen molar-refractivity contribution in [1.82, 2.24) is 0 Å². The topological polar surface area (TPSA) is 92.4 Å². The molecule has 0 aliphatic carbocycles. The number of nitrogens with two attached hydrogens (primary N) is 1. The van der Waals surface area contributed by atoms with Gasteiger partial charge in [-0.05, 0) is 54.9 Å². The first kappa shape index (κ1) is 15.4. The minimum Gasteiger partial charge on any atom is -0.388 e. The van der Waals surface area contributed by atoms with Crippen LogP contribution in [0.1, 0.15) is 20.8 Å². The third kappa shape index (κ3) is 3.94.